The second-order valence-electron chi connectivity index (χ2n) is 9.76. The molecule has 0 bridgehead atoms. The number of nitrogens with two attached hydrogens (primary N) is 1. The summed E-state index contributed by atoms with van der Waals surface area (Å²) < 4.78 is 42.7. The average Bonchev–Trinajstić information content (AvgIpc) is 3.51. The van der Waals surface area contributed by atoms with Gasteiger partial charge in [0, 0.05) is 31.6 Å². The fraction of sp³-hybridized carbons (Fsp3) is 0.591. The summed E-state index contributed by atoms with van der Waals surface area (Å²) in [6.07, 6.45) is -0.619. The van der Waals surface area contributed by atoms with Gasteiger partial charge in [-0.25, -0.2) is 18.4 Å². The third-order valence-corrected chi connectivity index (χ3v) is 5.99. The van der Waals surface area contributed by atoms with Gasteiger partial charge in [-0.3, -0.25) is 9.36 Å². The molecular formula is C22H29F2N5O5. The van der Waals surface area contributed by atoms with Crippen molar-refractivity contribution < 1.29 is 23.0 Å². The zero-order valence-electron chi connectivity index (χ0n) is 19.6. The number of ether oxygens (including phenoxy) is 2. The van der Waals surface area contributed by atoms with Gasteiger partial charge in [-0.1, -0.05) is 0 Å². The van der Waals surface area contributed by atoms with Gasteiger partial charge >= 0.3 is 11.8 Å². The predicted molar refractivity (Wildman–Crippen MR) is 122 cm³/mol. The molecule has 1 aromatic heterocycles. The zero-order valence-corrected chi connectivity index (χ0v) is 19.6. The first kappa shape index (κ1) is 23.8. The van der Waals surface area contributed by atoms with Crippen LogP contribution in [0.15, 0.2) is 15.7 Å². The van der Waals surface area contributed by atoms with Crippen molar-refractivity contribution in [2.75, 3.05) is 37.5 Å². The van der Waals surface area contributed by atoms with Crippen molar-refractivity contribution in [1.29, 1.82) is 0 Å². The highest BCUT2D eigenvalue weighted by molar-refractivity contribution is 5.91. The number of nitrogens with one attached hydrogen (secondary N) is 1. The lowest BCUT2D eigenvalue weighted by molar-refractivity contribution is 0.0515. The Morgan fingerprint density at radius 2 is 1.94 bits per heavy atom. The van der Waals surface area contributed by atoms with E-state index in [1.54, 1.807) is 20.8 Å². The summed E-state index contributed by atoms with van der Waals surface area (Å²) in [6.45, 7) is 5.08. The Morgan fingerprint density at radius 3 is 2.53 bits per heavy atom. The predicted octanol–water partition coefficient (Wildman–Crippen LogP) is 1.66. The van der Waals surface area contributed by atoms with Gasteiger partial charge in [0.2, 0.25) is 0 Å². The normalized spacial score (nSPS) is 20.6. The molecule has 34 heavy (non-hydrogen) atoms. The standard InChI is InChI=1S/C22H29F2N5O5/c1-22(2,3)34-20(31)26-8-11-9-27(10-15(11)24)17-14(23)7-13-16(18(17)33-4)28(12-5-6-12)21(32)29(25)19(13)30/h7,11-12,15H,5-6,8-10,25H2,1-4H3,(H,26,31). The van der Waals surface area contributed by atoms with Crippen LogP contribution in [0.5, 0.6) is 5.75 Å². The van der Waals surface area contributed by atoms with E-state index in [-0.39, 0.29) is 48.0 Å². The van der Waals surface area contributed by atoms with E-state index < -0.39 is 40.9 Å². The van der Waals surface area contributed by atoms with Crippen molar-refractivity contribution in [2.24, 2.45) is 5.92 Å². The highest BCUT2D eigenvalue weighted by Gasteiger charge is 2.38. The summed E-state index contributed by atoms with van der Waals surface area (Å²) in [7, 11) is 1.30. The number of methoxy groups -OCH3 is 1. The maximum Gasteiger partial charge on any atom is 0.407 e. The Morgan fingerprint density at radius 1 is 1.26 bits per heavy atom. The van der Waals surface area contributed by atoms with Gasteiger partial charge in [0.25, 0.3) is 5.56 Å². The maximum absolute atomic E-state index is 15.3. The Bertz CT molecular complexity index is 1250. The van der Waals surface area contributed by atoms with Crippen LogP contribution in [0, 0.1) is 11.7 Å². The number of alkyl carbamates (subject to hydrolysis) is 1. The molecule has 1 saturated heterocycles. The second-order valence-corrected chi connectivity index (χ2v) is 9.76. The summed E-state index contributed by atoms with van der Waals surface area (Å²) in [5, 5.41) is 2.46. The van der Waals surface area contributed by atoms with E-state index in [2.05, 4.69) is 5.32 Å². The quantitative estimate of drug-likeness (QED) is 0.623. The first-order valence-electron chi connectivity index (χ1n) is 11.1. The van der Waals surface area contributed by atoms with Crippen LogP contribution in [-0.2, 0) is 4.74 Å². The molecule has 4 rings (SSSR count). The molecule has 2 fully saturated rings. The maximum atomic E-state index is 15.3. The van der Waals surface area contributed by atoms with Crippen molar-refractivity contribution in [3.8, 4) is 5.75 Å². The molecule has 2 aliphatic rings. The van der Waals surface area contributed by atoms with Crippen LogP contribution in [0.4, 0.5) is 19.3 Å². The fourth-order valence-corrected chi connectivity index (χ4v) is 4.33. The van der Waals surface area contributed by atoms with E-state index in [4.69, 9.17) is 15.3 Å². The minimum absolute atomic E-state index is 0.00520. The number of nitrogens with zero attached hydrogens (tertiary/aromatic N) is 3. The average molecular weight is 482 g/mol. The van der Waals surface area contributed by atoms with Gasteiger partial charge in [0.05, 0.1) is 12.5 Å². The van der Waals surface area contributed by atoms with Gasteiger partial charge in [0.15, 0.2) is 11.6 Å². The molecule has 0 radical (unpaired) electrons. The Balaban J connectivity index is 1.70. The molecule has 10 nitrogen and oxygen atoms in total. The van der Waals surface area contributed by atoms with Crippen LogP contribution in [0.25, 0.3) is 10.9 Å². The van der Waals surface area contributed by atoms with E-state index in [0.717, 1.165) is 6.07 Å². The molecule has 1 aliphatic heterocycles. The molecule has 1 amide bonds. The fourth-order valence-electron chi connectivity index (χ4n) is 4.33. The lowest BCUT2D eigenvalue weighted by Gasteiger charge is -2.24. The van der Waals surface area contributed by atoms with E-state index in [0.29, 0.717) is 17.5 Å². The number of aromatic nitrogens is 2. The van der Waals surface area contributed by atoms with Crippen LogP contribution in [0.3, 0.4) is 0 Å². The third-order valence-electron chi connectivity index (χ3n) is 5.99. The topological polar surface area (TPSA) is 121 Å². The molecule has 2 unspecified atom stereocenters. The molecule has 186 valence electrons. The molecule has 3 N–H and O–H groups in total. The van der Waals surface area contributed by atoms with E-state index >= 15 is 4.39 Å². The first-order chi connectivity index (χ1) is 15.9. The highest BCUT2D eigenvalue weighted by Crippen LogP contribution is 2.43. The van der Waals surface area contributed by atoms with E-state index in [1.165, 1.54) is 16.6 Å². The number of benzene rings is 1. The van der Waals surface area contributed by atoms with Crippen LogP contribution in [0.1, 0.15) is 39.7 Å². The number of amides is 1. The van der Waals surface area contributed by atoms with Gasteiger partial charge in [-0.05, 0) is 39.7 Å². The second kappa shape index (κ2) is 8.48. The van der Waals surface area contributed by atoms with Crippen molar-refractivity contribution in [3.63, 3.8) is 0 Å². The Labute approximate surface area is 194 Å². The minimum Gasteiger partial charge on any atom is -0.492 e. The van der Waals surface area contributed by atoms with Crippen molar-refractivity contribution in [2.45, 2.75) is 51.4 Å². The number of anilines is 1. The Hall–Kier alpha value is -3.31. The monoisotopic (exact) mass is 481 g/mol. The van der Waals surface area contributed by atoms with Crippen LogP contribution < -0.4 is 32.0 Å². The Kier molecular flexibility index (Phi) is 5.94. The summed E-state index contributed by atoms with van der Waals surface area (Å²) in [6, 6.07) is 0.826. The molecule has 2 atom stereocenters. The van der Waals surface area contributed by atoms with Crippen LogP contribution >= 0.6 is 0 Å². The third kappa shape index (κ3) is 4.28. The zero-order chi connectivity index (χ0) is 24.9. The largest absolute Gasteiger partial charge is 0.492 e. The number of carbonyl (C=O) groups is 1. The van der Waals surface area contributed by atoms with Gasteiger partial charge in [-0.2, -0.15) is 4.68 Å². The van der Waals surface area contributed by atoms with Gasteiger partial charge < -0.3 is 25.5 Å². The molecule has 0 spiro atoms. The number of nitrogen functional groups attached to an aromatic ring is 1. The van der Waals surface area contributed by atoms with Crippen LogP contribution in [0.2, 0.25) is 0 Å². The number of fused-ring (bicyclic) bond motifs is 1. The first-order valence-corrected chi connectivity index (χ1v) is 11.1. The number of hydrogen-bond acceptors (Lipinski definition) is 7. The molecule has 2 aromatic rings. The smallest absolute Gasteiger partial charge is 0.407 e. The summed E-state index contributed by atoms with van der Waals surface area (Å²) in [5.41, 5.74) is -2.16. The lowest BCUT2D eigenvalue weighted by atomic mass is 10.1. The molecular weight excluding hydrogens is 452 g/mol. The number of carbonyl (C=O) groups excluding carboxylic acids is 1. The van der Waals surface area contributed by atoms with Crippen LogP contribution in [-0.4, -0.2) is 53.9 Å². The molecule has 2 heterocycles. The molecule has 1 aliphatic carbocycles. The SMILES string of the molecule is COc1c(N2CC(F)C(CNC(=O)OC(C)(C)C)C2)c(F)cc2c(=O)n(N)c(=O)n(C3CC3)c12. The van der Waals surface area contributed by atoms with E-state index in [9.17, 15) is 18.8 Å². The van der Waals surface area contributed by atoms with Crippen molar-refractivity contribution >= 4 is 22.7 Å². The number of rotatable bonds is 5. The van der Waals surface area contributed by atoms with Gasteiger partial charge in [0.1, 0.15) is 23.0 Å². The number of halogens is 2. The van der Waals surface area contributed by atoms with Crippen molar-refractivity contribution in [1.82, 2.24) is 14.6 Å². The summed E-state index contributed by atoms with van der Waals surface area (Å²) >= 11 is 0. The lowest BCUT2D eigenvalue weighted by Crippen LogP contribution is -2.44. The number of alkyl halides is 1. The molecule has 1 aromatic carbocycles. The summed E-state index contributed by atoms with van der Waals surface area (Å²) in [5.74, 6) is 4.20. The van der Waals surface area contributed by atoms with Gasteiger partial charge in [-0.15, -0.1) is 0 Å². The summed E-state index contributed by atoms with van der Waals surface area (Å²) in [4.78, 5) is 38.8. The van der Waals surface area contributed by atoms with Crippen molar-refractivity contribution in [3.05, 3.63) is 32.7 Å². The minimum atomic E-state index is -1.36. The number of hydrogen-bond donors (Lipinski definition) is 2. The molecule has 1 saturated carbocycles. The highest BCUT2D eigenvalue weighted by atomic mass is 19.1. The molecule has 12 heteroatoms. The van der Waals surface area contributed by atoms with E-state index in [1.807, 2.05) is 0 Å².